The van der Waals surface area contributed by atoms with Crippen molar-refractivity contribution in [1.82, 2.24) is 9.78 Å². The number of hydrogen-bond donors (Lipinski definition) is 1. The van der Waals surface area contributed by atoms with Gasteiger partial charge < -0.3 is 5.32 Å². The summed E-state index contributed by atoms with van der Waals surface area (Å²) in [6, 6.07) is 5.16. The molecule has 1 N–H and O–H groups in total. The molecule has 1 aliphatic rings. The van der Waals surface area contributed by atoms with Crippen molar-refractivity contribution < 1.29 is 4.39 Å². The zero-order valence-electron chi connectivity index (χ0n) is 11.3. The highest BCUT2D eigenvalue weighted by molar-refractivity contribution is 5.52. The second-order valence-electron chi connectivity index (χ2n) is 5.22. The van der Waals surface area contributed by atoms with Gasteiger partial charge in [-0.15, -0.1) is 0 Å². The molecule has 1 unspecified atom stereocenters. The zero-order valence-corrected chi connectivity index (χ0v) is 11.3. The van der Waals surface area contributed by atoms with E-state index < -0.39 is 0 Å². The Labute approximate surface area is 112 Å². The van der Waals surface area contributed by atoms with E-state index >= 15 is 0 Å². The predicted molar refractivity (Wildman–Crippen MR) is 73.6 cm³/mol. The number of anilines is 1. The van der Waals surface area contributed by atoms with Crippen molar-refractivity contribution in [2.45, 2.75) is 32.2 Å². The molecule has 2 aromatic rings. The summed E-state index contributed by atoms with van der Waals surface area (Å²) in [5.41, 5.74) is 4.53. The second-order valence-corrected chi connectivity index (χ2v) is 5.22. The van der Waals surface area contributed by atoms with Gasteiger partial charge in [0.25, 0.3) is 0 Å². The van der Waals surface area contributed by atoms with Crippen LogP contribution < -0.4 is 5.32 Å². The highest BCUT2D eigenvalue weighted by atomic mass is 19.1. The molecule has 0 bridgehead atoms. The molecule has 1 aromatic heterocycles. The minimum atomic E-state index is -0.186. The molecule has 3 rings (SSSR count). The summed E-state index contributed by atoms with van der Waals surface area (Å²) >= 11 is 0. The van der Waals surface area contributed by atoms with E-state index in [4.69, 9.17) is 0 Å². The third-order valence-corrected chi connectivity index (χ3v) is 3.89. The summed E-state index contributed by atoms with van der Waals surface area (Å²) in [6.07, 6.45) is 5.29. The standard InChI is InChI=1S/C15H18FN3/c1-10-8-11(16)6-7-13(10)18-14-4-3-5-15-12(14)9-17-19(15)2/h6-9,14,18H,3-5H2,1-2H3. The van der Waals surface area contributed by atoms with E-state index in [0.29, 0.717) is 0 Å². The van der Waals surface area contributed by atoms with Crippen LogP contribution in [0.3, 0.4) is 0 Å². The lowest BCUT2D eigenvalue weighted by Crippen LogP contribution is -2.18. The van der Waals surface area contributed by atoms with Gasteiger partial charge in [-0.1, -0.05) is 0 Å². The fourth-order valence-electron chi connectivity index (χ4n) is 2.83. The Kier molecular flexibility index (Phi) is 3.01. The third-order valence-electron chi connectivity index (χ3n) is 3.89. The SMILES string of the molecule is Cc1cc(F)ccc1NC1CCCc2c1cnn2C. The third kappa shape index (κ3) is 2.23. The van der Waals surface area contributed by atoms with Crippen molar-refractivity contribution >= 4 is 5.69 Å². The molecular weight excluding hydrogens is 241 g/mol. The number of nitrogens with zero attached hydrogens (tertiary/aromatic N) is 2. The highest BCUT2D eigenvalue weighted by Crippen LogP contribution is 2.33. The molecular formula is C15H18FN3. The molecule has 1 aromatic carbocycles. The van der Waals surface area contributed by atoms with Crippen molar-refractivity contribution in [1.29, 1.82) is 0 Å². The Morgan fingerprint density at radius 2 is 2.26 bits per heavy atom. The van der Waals surface area contributed by atoms with Crippen LogP contribution in [0.1, 0.15) is 35.7 Å². The van der Waals surface area contributed by atoms with E-state index in [1.807, 2.05) is 30.9 Å². The largest absolute Gasteiger partial charge is 0.378 e. The Balaban J connectivity index is 1.88. The van der Waals surface area contributed by atoms with Crippen molar-refractivity contribution in [3.8, 4) is 0 Å². The minimum Gasteiger partial charge on any atom is -0.378 e. The first kappa shape index (κ1) is 12.2. The normalized spacial score (nSPS) is 18.2. The van der Waals surface area contributed by atoms with E-state index in [1.54, 1.807) is 6.07 Å². The van der Waals surface area contributed by atoms with Gasteiger partial charge in [0.1, 0.15) is 5.82 Å². The van der Waals surface area contributed by atoms with Crippen LogP contribution in [0.4, 0.5) is 10.1 Å². The highest BCUT2D eigenvalue weighted by Gasteiger charge is 2.23. The van der Waals surface area contributed by atoms with Crippen LogP contribution in [0.15, 0.2) is 24.4 Å². The van der Waals surface area contributed by atoms with Crippen molar-refractivity contribution in [2.24, 2.45) is 7.05 Å². The summed E-state index contributed by atoms with van der Waals surface area (Å²) in [4.78, 5) is 0. The van der Waals surface area contributed by atoms with Crippen LogP contribution in [0.2, 0.25) is 0 Å². The van der Waals surface area contributed by atoms with Gasteiger partial charge >= 0.3 is 0 Å². The second kappa shape index (κ2) is 4.68. The van der Waals surface area contributed by atoms with Crippen LogP contribution in [0.5, 0.6) is 0 Å². The monoisotopic (exact) mass is 259 g/mol. The molecule has 1 aliphatic carbocycles. The molecule has 0 radical (unpaired) electrons. The fourth-order valence-corrected chi connectivity index (χ4v) is 2.83. The number of halogens is 1. The van der Waals surface area contributed by atoms with Gasteiger partial charge in [-0.3, -0.25) is 4.68 Å². The quantitative estimate of drug-likeness (QED) is 0.896. The lowest BCUT2D eigenvalue weighted by atomic mass is 9.92. The van der Waals surface area contributed by atoms with Gasteiger partial charge in [-0.25, -0.2) is 4.39 Å². The Morgan fingerprint density at radius 3 is 3.05 bits per heavy atom. The van der Waals surface area contributed by atoms with E-state index in [1.165, 1.54) is 17.3 Å². The minimum absolute atomic E-state index is 0.186. The van der Waals surface area contributed by atoms with Crippen LogP contribution >= 0.6 is 0 Å². The lowest BCUT2D eigenvalue weighted by molar-refractivity contribution is 0.571. The lowest BCUT2D eigenvalue weighted by Gasteiger charge is -2.25. The van der Waals surface area contributed by atoms with Gasteiger partial charge in [-0.05, 0) is 49.9 Å². The Hall–Kier alpha value is -1.84. The van der Waals surface area contributed by atoms with E-state index in [9.17, 15) is 4.39 Å². The molecule has 19 heavy (non-hydrogen) atoms. The molecule has 1 heterocycles. The van der Waals surface area contributed by atoms with E-state index in [2.05, 4.69) is 10.4 Å². The van der Waals surface area contributed by atoms with Crippen LogP contribution in [0, 0.1) is 12.7 Å². The molecule has 3 nitrogen and oxygen atoms in total. The topological polar surface area (TPSA) is 29.9 Å². The van der Waals surface area contributed by atoms with Crippen LogP contribution in [-0.4, -0.2) is 9.78 Å². The Bertz CT molecular complexity index is 603. The van der Waals surface area contributed by atoms with Gasteiger partial charge in [0.15, 0.2) is 0 Å². The molecule has 4 heteroatoms. The number of aromatic nitrogens is 2. The van der Waals surface area contributed by atoms with Crippen molar-refractivity contribution in [3.05, 3.63) is 47.0 Å². The summed E-state index contributed by atoms with van der Waals surface area (Å²) in [5.74, 6) is -0.186. The smallest absolute Gasteiger partial charge is 0.123 e. The number of aryl methyl sites for hydroxylation is 2. The van der Waals surface area contributed by atoms with Crippen LogP contribution in [-0.2, 0) is 13.5 Å². The summed E-state index contributed by atoms with van der Waals surface area (Å²) < 4.78 is 15.1. The van der Waals surface area contributed by atoms with Gasteiger partial charge in [0.05, 0.1) is 12.2 Å². The van der Waals surface area contributed by atoms with Crippen molar-refractivity contribution in [3.63, 3.8) is 0 Å². The first-order chi connectivity index (χ1) is 9.15. The molecule has 100 valence electrons. The zero-order chi connectivity index (χ0) is 13.4. The van der Waals surface area contributed by atoms with Gasteiger partial charge in [-0.2, -0.15) is 5.10 Å². The average Bonchev–Trinajstić information content (AvgIpc) is 2.76. The fraction of sp³-hybridized carbons (Fsp3) is 0.400. The molecule has 0 saturated heterocycles. The number of rotatable bonds is 2. The summed E-state index contributed by atoms with van der Waals surface area (Å²) in [7, 11) is 1.99. The number of benzene rings is 1. The van der Waals surface area contributed by atoms with Gasteiger partial charge in [0.2, 0.25) is 0 Å². The number of hydrogen-bond acceptors (Lipinski definition) is 2. The molecule has 0 amide bonds. The maximum absolute atomic E-state index is 13.1. The maximum Gasteiger partial charge on any atom is 0.123 e. The van der Waals surface area contributed by atoms with Crippen molar-refractivity contribution in [2.75, 3.05) is 5.32 Å². The molecule has 0 fully saturated rings. The Morgan fingerprint density at radius 1 is 1.42 bits per heavy atom. The summed E-state index contributed by atoms with van der Waals surface area (Å²) in [5, 5.41) is 7.87. The predicted octanol–water partition coefficient (Wildman–Crippen LogP) is 3.36. The first-order valence-electron chi connectivity index (χ1n) is 6.68. The first-order valence-corrected chi connectivity index (χ1v) is 6.68. The maximum atomic E-state index is 13.1. The van der Waals surface area contributed by atoms with E-state index in [-0.39, 0.29) is 11.9 Å². The number of nitrogens with one attached hydrogen (secondary N) is 1. The molecule has 0 aliphatic heterocycles. The molecule has 1 atom stereocenters. The summed E-state index contributed by atoms with van der Waals surface area (Å²) in [6.45, 7) is 1.93. The molecule has 0 spiro atoms. The number of fused-ring (bicyclic) bond motifs is 1. The molecule has 0 saturated carbocycles. The van der Waals surface area contributed by atoms with E-state index in [0.717, 1.165) is 30.5 Å². The average molecular weight is 259 g/mol. The van der Waals surface area contributed by atoms with Crippen LogP contribution in [0.25, 0.3) is 0 Å². The van der Waals surface area contributed by atoms with Gasteiger partial charge in [0, 0.05) is 24.0 Å².